The fourth-order valence-electron chi connectivity index (χ4n) is 2.86. The Morgan fingerprint density at radius 3 is 2.77 bits per heavy atom. The van der Waals surface area contributed by atoms with Gasteiger partial charge in [-0.2, -0.15) is 0 Å². The molecule has 124 valence electrons. The van der Waals surface area contributed by atoms with Crippen LogP contribution in [0, 0.1) is 5.92 Å². The molecule has 0 amide bonds. The van der Waals surface area contributed by atoms with Crippen LogP contribution in [0.2, 0.25) is 0 Å². The third-order valence-corrected chi connectivity index (χ3v) is 4.25. The zero-order valence-electron chi connectivity index (χ0n) is 14.2. The molecule has 0 aromatic heterocycles. The van der Waals surface area contributed by atoms with Gasteiger partial charge in [-0.3, -0.25) is 4.99 Å². The average Bonchev–Trinajstić information content (AvgIpc) is 2.55. The standard InChI is InChI=1S/C19H33N3/c1-3-4-5-9-17(15-21)13-18-11-10-16(8-6-7-12-20)14-19(18)22-2/h10,13-14,18H,2-9,11-12,15,20-21H2,1H3/b17-13-. The van der Waals surface area contributed by atoms with Crippen LogP contribution in [0.25, 0.3) is 0 Å². The van der Waals surface area contributed by atoms with Gasteiger partial charge >= 0.3 is 0 Å². The molecule has 0 bridgehead atoms. The first-order chi connectivity index (χ1) is 10.7. The maximum absolute atomic E-state index is 5.91. The van der Waals surface area contributed by atoms with Crippen molar-refractivity contribution in [3.8, 4) is 0 Å². The molecule has 1 rings (SSSR count). The van der Waals surface area contributed by atoms with Crippen molar-refractivity contribution >= 4 is 6.72 Å². The van der Waals surface area contributed by atoms with Gasteiger partial charge in [0, 0.05) is 18.2 Å². The number of nitrogens with zero attached hydrogens (tertiary/aromatic N) is 1. The van der Waals surface area contributed by atoms with E-state index in [9.17, 15) is 0 Å². The van der Waals surface area contributed by atoms with E-state index in [0.717, 1.165) is 44.3 Å². The highest BCUT2D eigenvalue weighted by Crippen LogP contribution is 2.29. The molecule has 22 heavy (non-hydrogen) atoms. The minimum Gasteiger partial charge on any atom is -0.330 e. The van der Waals surface area contributed by atoms with Crippen molar-refractivity contribution < 1.29 is 0 Å². The predicted molar refractivity (Wildman–Crippen MR) is 98.0 cm³/mol. The predicted octanol–water partition coefficient (Wildman–Crippen LogP) is 4.11. The third-order valence-electron chi connectivity index (χ3n) is 4.25. The van der Waals surface area contributed by atoms with Gasteiger partial charge in [-0.1, -0.05) is 43.1 Å². The van der Waals surface area contributed by atoms with E-state index in [0.29, 0.717) is 12.5 Å². The molecule has 1 aliphatic rings. The first-order valence-corrected chi connectivity index (χ1v) is 8.72. The number of aliphatic imine (C=N–C) groups is 1. The van der Waals surface area contributed by atoms with E-state index in [1.54, 1.807) is 0 Å². The van der Waals surface area contributed by atoms with Crippen LogP contribution in [0.1, 0.15) is 58.3 Å². The summed E-state index contributed by atoms with van der Waals surface area (Å²) in [6.07, 6.45) is 16.1. The molecule has 0 saturated carbocycles. The topological polar surface area (TPSA) is 64.4 Å². The monoisotopic (exact) mass is 303 g/mol. The van der Waals surface area contributed by atoms with E-state index < -0.39 is 0 Å². The molecule has 0 aromatic rings. The SMILES string of the molecule is C=NC1=CC(CCCCN)=CCC1/C=C(\CN)CCCCC. The summed E-state index contributed by atoms with van der Waals surface area (Å²) in [4.78, 5) is 4.25. The molecule has 0 spiro atoms. The van der Waals surface area contributed by atoms with E-state index >= 15 is 0 Å². The van der Waals surface area contributed by atoms with Crippen LogP contribution in [-0.4, -0.2) is 19.8 Å². The van der Waals surface area contributed by atoms with E-state index in [1.165, 1.54) is 30.4 Å². The molecule has 3 heteroatoms. The summed E-state index contributed by atoms with van der Waals surface area (Å²) >= 11 is 0. The lowest BCUT2D eigenvalue weighted by atomic mass is 9.89. The molecule has 4 N–H and O–H groups in total. The quantitative estimate of drug-likeness (QED) is 0.343. The van der Waals surface area contributed by atoms with Gasteiger partial charge in [0.2, 0.25) is 0 Å². The number of hydrogen-bond donors (Lipinski definition) is 2. The van der Waals surface area contributed by atoms with Crippen molar-refractivity contribution in [2.24, 2.45) is 22.4 Å². The largest absolute Gasteiger partial charge is 0.330 e. The fourth-order valence-corrected chi connectivity index (χ4v) is 2.86. The lowest BCUT2D eigenvalue weighted by Gasteiger charge is -2.20. The van der Waals surface area contributed by atoms with Crippen LogP contribution >= 0.6 is 0 Å². The Kier molecular flexibility index (Phi) is 9.76. The van der Waals surface area contributed by atoms with Crippen molar-refractivity contribution in [2.75, 3.05) is 13.1 Å². The minimum absolute atomic E-state index is 0.343. The molecule has 1 aliphatic carbocycles. The Labute approximate surface area is 136 Å². The maximum atomic E-state index is 5.91. The first-order valence-electron chi connectivity index (χ1n) is 8.72. The Hall–Kier alpha value is -1.19. The van der Waals surface area contributed by atoms with Crippen molar-refractivity contribution in [1.29, 1.82) is 0 Å². The highest BCUT2D eigenvalue weighted by atomic mass is 14.7. The van der Waals surface area contributed by atoms with Crippen LogP contribution in [0.5, 0.6) is 0 Å². The van der Waals surface area contributed by atoms with Crippen LogP contribution in [0.3, 0.4) is 0 Å². The average molecular weight is 303 g/mol. The molecule has 3 nitrogen and oxygen atoms in total. The third kappa shape index (κ3) is 6.71. The Bertz CT molecular complexity index is 418. The zero-order chi connectivity index (χ0) is 16.2. The van der Waals surface area contributed by atoms with Gasteiger partial charge in [-0.15, -0.1) is 0 Å². The second-order valence-electron chi connectivity index (χ2n) is 6.08. The first kappa shape index (κ1) is 18.9. The molecular formula is C19H33N3. The van der Waals surface area contributed by atoms with Crippen LogP contribution in [-0.2, 0) is 0 Å². The van der Waals surface area contributed by atoms with E-state index in [1.807, 2.05) is 0 Å². The van der Waals surface area contributed by atoms with E-state index in [-0.39, 0.29) is 0 Å². The molecule has 0 heterocycles. The van der Waals surface area contributed by atoms with Gasteiger partial charge in [-0.05, 0) is 57.9 Å². The van der Waals surface area contributed by atoms with Crippen LogP contribution in [0.4, 0.5) is 0 Å². The Morgan fingerprint density at radius 2 is 2.14 bits per heavy atom. The summed E-state index contributed by atoms with van der Waals surface area (Å²) in [5.41, 5.74) is 15.3. The second kappa shape index (κ2) is 11.4. The second-order valence-corrected chi connectivity index (χ2v) is 6.08. The van der Waals surface area contributed by atoms with Crippen molar-refractivity contribution in [3.63, 3.8) is 0 Å². The molecule has 0 aromatic carbocycles. The normalized spacial score (nSPS) is 18.9. The summed E-state index contributed by atoms with van der Waals surface area (Å²) < 4.78 is 0. The summed E-state index contributed by atoms with van der Waals surface area (Å²) in [7, 11) is 0. The molecule has 1 unspecified atom stereocenters. The van der Waals surface area contributed by atoms with Crippen molar-refractivity contribution in [1.82, 2.24) is 0 Å². The number of nitrogens with two attached hydrogens (primary N) is 2. The van der Waals surface area contributed by atoms with Gasteiger partial charge in [-0.25, -0.2) is 0 Å². The van der Waals surface area contributed by atoms with E-state index in [4.69, 9.17) is 11.5 Å². The maximum Gasteiger partial charge on any atom is 0.0470 e. The number of unbranched alkanes of at least 4 members (excludes halogenated alkanes) is 3. The van der Waals surface area contributed by atoms with Gasteiger partial charge < -0.3 is 11.5 Å². The molecule has 0 fully saturated rings. The van der Waals surface area contributed by atoms with Gasteiger partial charge in [0.15, 0.2) is 0 Å². The minimum atomic E-state index is 0.343. The fraction of sp³-hybridized carbons (Fsp3) is 0.632. The Balaban J connectivity index is 2.64. The van der Waals surface area contributed by atoms with Crippen LogP contribution < -0.4 is 11.5 Å². The molecular weight excluding hydrogens is 270 g/mol. The van der Waals surface area contributed by atoms with Gasteiger partial charge in [0.25, 0.3) is 0 Å². The van der Waals surface area contributed by atoms with Crippen LogP contribution in [0.15, 0.2) is 40.1 Å². The van der Waals surface area contributed by atoms with Crippen molar-refractivity contribution in [2.45, 2.75) is 58.3 Å². The lowest BCUT2D eigenvalue weighted by Crippen LogP contribution is -2.09. The number of allylic oxidation sites excluding steroid dienone is 4. The molecule has 1 atom stereocenters. The lowest BCUT2D eigenvalue weighted by molar-refractivity contribution is 0.681. The smallest absolute Gasteiger partial charge is 0.0470 e. The number of hydrogen-bond acceptors (Lipinski definition) is 3. The summed E-state index contributed by atoms with van der Waals surface area (Å²) in [6.45, 7) is 7.40. The number of rotatable bonds is 11. The van der Waals surface area contributed by atoms with E-state index in [2.05, 4.69) is 36.9 Å². The molecule has 0 saturated heterocycles. The summed E-state index contributed by atoms with van der Waals surface area (Å²) in [6, 6.07) is 0. The molecule has 0 radical (unpaired) electrons. The van der Waals surface area contributed by atoms with Gasteiger partial charge in [0.1, 0.15) is 0 Å². The summed E-state index contributed by atoms with van der Waals surface area (Å²) in [5, 5.41) is 0. The summed E-state index contributed by atoms with van der Waals surface area (Å²) in [5.74, 6) is 0.343. The molecule has 0 aliphatic heterocycles. The van der Waals surface area contributed by atoms with Gasteiger partial charge in [0.05, 0.1) is 0 Å². The van der Waals surface area contributed by atoms with Crippen molar-refractivity contribution in [3.05, 3.63) is 35.1 Å². The zero-order valence-corrected chi connectivity index (χ0v) is 14.2. The Morgan fingerprint density at radius 1 is 1.32 bits per heavy atom. The highest BCUT2D eigenvalue weighted by molar-refractivity contribution is 5.38. The highest BCUT2D eigenvalue weighted by Gasteiger charge is 2.15.